The van der Waals surface area contributed by atoms with Gasteiger partial charge in [0.05, 0.1) is 11.9 Å². The van der Waals surface area contributed by atoms with Gasteiger partial charge in [-0.3, -0.25) is 15.2 Å². The Kier molecular flexibility index (Phi) is 5.90. The molecule has 2 aromatic rings. The van der Waals surface area contributed by atoms with E-state index in [2.05, 4.69) is 36.0 Å². The minimum absolute atomic E-state index is 0.0832. The molecule has 142 valence electrons. The number of hydrogen-bond donors (Lipinski definition) is 4. The second-order valence-electron chi connectivity index (χ2n) is 6.30. The maximum atomic E-state index is 11.9. The van der Waals surface area contributed by atoms with Gasteiger partial charge < -0.3 is 21.1 Å². The van der Waals surface area contributed by atoms with E-state index < -0.39 is 17.6 Å². The molecule has 0 radical (unpaired) electrons. The van der Waals surface area contributed by atoms with Crippen LogP contribution in [-0.2, 0) is 9.53 Å². The van der Waals surface area contributed by atoms with Crippen molar-refractivity contribution in [2.24, 2.45) is 5.73 Å². The zero-order chi connectivity index (χ0) is 20.0. The highest BCUT2D eigenvalue weighted by Crippen LogP contribution is 2.13. The molecular weight excluding hydrogens is 354 g/mol. The summed E-state index contributed by atoms with van der Waals surface area (Å²) in [5, 5.41) is 27.0. The van der Waals surface area contributed by atoms with Crippen molar-refractivity contribution in [3.8, 4) is 11.5 Å². The number of aromatic nitrogens is 5. The van der Waals surface area contributed by atoms with Crippen molar-refractivity contribution >= 4 is 23.5 Å². The van der Waals surface area contributed by atoms with Crippen molar-refractivity contribution < 1.29 is 14.3 Å². The van der Waals surface area contributed by atoms with Gasteiger partial charge in [0, 0.05) is 0 Å². The predicted molar refractivity (Wildman–Crippen MR) is 94.7 cm³/mol. The Labute approximate surface area is 154 Å². The Hall–Kier alpha value is -3.70. The maximum absolute atomic E-state index is 11.9. The zero-order valence-corrected chi connectivity index (χ0v) is 15.0. The van der Waals surface area contributed by atoms with Gasteiger partial charge in [0.2, 0.25) is 17.6 Å². The summed E-state index contributed by atoms with van der Waals surface area (Å²) >= 11 is 0. The van der Waals surface area contributed by atoms with Crippen molar-refractivity contribution in [3.63, 3.8) is 0 Å². The number of nitrogens with one attached hydrogen (secondary N) is 3. The first-order valence-electron chi connectivity index (χ1n) is 7.79. The Morgan fingerprint density at radius 3 is 2.37 bits per heavy atom. The molecule has 0 spiro atoms. The average molecular weight is 373 g/mol. The second kappa shape index (κ2) is 8.12. The minimum atomic E-state index is -0.683. The number of carbonyl (C=O) groups excluding carboxylic acids is 2. The number of ether oxygens (including phenoxy) is 1. The number of rotatable bonds is 5. The van der Waals surface area contributed by atoms with Crippen LogP contribution in [0.25, 0.3) is 11.5 Å². The van der Waals surface area contributed by atoms with Crippen LogP contribution in [0, 0.1) is 5.41 Å². The highest BCUT2D eigenvalue weighted by atomic mass is 16.6. The van der Waals surface area contributed by atoms with Gasteiger partial charge in [-0.05, 0) is 32.9 Å². The van der Waals surface area contributed by atoms with Crippen LogP contribution >= 0.6 is 0 Å². The summed E-state index contributed by atoms with van der Waals surface area (Å²) in [6.07, 6.45) is 0.709. The molecule has 0 aromatic carbocycles. The Morgan fingerprint density at radius 1 is 1.19 bits per heavy atom. The number of carbonyl (C=O) groups is 2. The Morgan fingerprint density at radius 2 is 1.85 bits per heavy atom. The number of hydrogen-bond acceptors (Lipinski definition) is 9. The number of anilines is 1. The molecule has 0 bridgehead atoms. The summed E-state index contributed by atoms with van der Waals surface area (Å²) in [6.45, 7) is 4.92. The van der Waals surface area contributed by atoms with E-state index in [1.165, 1.54) is 6.20 Å². The number of nitrogens with two attached hydrogens (primary N) is 1. The second-order valence-corrected chi connectivity index (χ2v) is 6.30. The standard InChI is InChI=1S/C15H19N9O3/c1-15(2,3)27-14(26)19-7-10(25)20-8-4-5-9(18-6-8)12-21-23-13(11(16)17)24-22-12/h4-6H,7H2,1-3H3,(H3,16,17)(H,19,26)(H,20,25). The lowest BCUT2D eigenvalue weighted by molar-refractivity contribution is -0.115. The molecule has 2 aromatic heterocycles. The fourth-order valence-electron chi connectivity index (χ4n) is 1.71. The highest BCUT2D eigenvalue weighted by Gasteiger charge is 2.16. The van der Waals surface area contributed by atoms with E-state index in [0.717, 1.165) is 0 Å². The number of pyridine rings is 1. The Bertz CT molecular complexity index is 829. The molecule has 0 saturated heterocycles. The first-order chi connectivity index (χ1) is 12.6. The van der Waals surface area contributed by atoms with E-state index in [1.54, 1.807) is 32.9 Å². The zero-order valence-electron chi connectivity index (χ0n) is 15.0. The summed E-state index contributed by atoms with van der Waals surface area (Å²) < 4.78 is 5.04. The average Bonchev–Trinajstić information content (AvgIpc) is 2.59. The molecule has 0 aliphatic rings. The molecule has 0 atom stereocenters. The topological polar surface area (TPSA) is 182 Å². The number of amidine groups is 1. The third-order valence-electron chi connectivity index (χ3n) is 2.79. The third-order valence-corrected chi connectivity index (χ3v) is 2.79. The molecule has 0 aliphatic carbocycles. The van der Waals surface area contributed by atoms with Gasteiger partial charge in [0.15, 0.2) is 5.84 Å². The monoisotopic (exact) mass is 373 g/mol. The lowest BCUT2D eigenvalue weighted by atomic mass is 10.2. The van der Waals surface area contributed by atoms with Crippen molar-refractivity contribution in [3.05, 3.63) is 24.2 Å². The molecule has 0 saturated carbocycles. The van der Waals surface area contributed by atoms with E-state index in [4.69, 9.17) is 15.9 Å². The van der Waals surface area contributed by atoms with Crippen molar-refractivity contribution in [2.45, 2.75) is 26.4 Å². The van der Waals surface area contributed by atoms with Gasteiger partial charge in [0.1, 0.15) is 17.8 Å². The minimum Gasteiger partial charge on any atom is -0.444 e. The van der Waals surface area contributed by atoms with E-state index >= 15 is 0 Å². The van der Waals surface area contributed by atoms with Crippen LogP contribution in [0.5, 0.6) is 0 Å². The molecule has 2 rings (SSSR count). The van der Waals surface area contributed by atoms with Crippen LogP contribution in [0.4, 0.5) is 10.5 Å². The largest absolute Gasteiger partial charge is 0.444 e. The van der Waals surface area contributed by atoms with Gasteiger partial charge in [-0.25, -0.2) is 4.79 Å². The molecule has 27 heavy (non-hydrogen) atoms. The molecule has 2 heterocycles. The van der Waals surface area contributed by atoms with Gasteiger partial charge >= 0.3 is 6.09 Å². The molecule has 12 heteroatoms. The van der Waals surface area contributed by atoms with Crippen LogP contribution in [0.15, 0.2) is 18.3 Å². The number of nitrogens with zero attached hydrogens (tertiary/aromatic N) is 5. The normalized spacial score (nSPS) is 10.8. The molecular formula is C15H19N9O3. The van der Waals surface area contributed by atoms with E-state index in [1.807, 2.05) is 0 Å². The SMILES string of the molecule is CC(C)(C)OC(=O)NCC(=O)Nc1ccc(-c2nnc(C(=N)N)nn2)nc1. The first kappa shape index (κ1) is 19.6. The van der Waals surface area contributed by atoms with Crippen LogP contribution in [-0.4, -0.2) is 55.4 Å². The smallest absolute Gasteiger partial charge is 0.408 e. The quantitative estimate of drug-likeness (QED) is 0.416. The number of alkyl carbamates (subject to hydrolysis) is 1. The predicted octanol–water partition coefficient (Wildman–Crippen LogP) is 0.0759. The molecule has 2 amide bonds. The fourth-order valence-corrected chi connectivity index (χ4v) is 1.71. The molecule has 0 aliphatic heterocycles. The van der Waals surface area contributed by atoms with E-state index in [9.17, 15) is 9.59 Å². The summed E-state index contributed by atoms with van der Waals surface area (Å²) in [7, 11) is 0. The van der Waals surface area contributed by atoms with Crippen LogP contribution in [0.3, 0.4) is 0 Å². The molecule has 12 nitrogen and oxygen atoms in total. The van der Waals surface area contributed by atoms with Gasteiger partial charge in [-0.15, -0.1) is 20.4 Å². The number of nitrogen functional groups attached to an aromatic ring is 1. The van der Waals surface area contributed by atoms with E-state index in [0.29, 0.717) is 11.4 Å². The van der Waals surface area contributed by atoms with Crippen molar-refractivity contribution in [1.82, 2.24) is 30.7 Å². The van der Waals surface area contributed by atoms with E-state index in [-0.39, 0.29) is 24.0 Å². The van der Waals surface area contributed by atoms with Gasteiger partial charge in [-0.2, -0.15) is 0 Å². The summed E-state index contributed by atoms with van der Waals surface area (Å²) in [4.78, 5) is 27.5. The van der Waals surface area contributed by atoms with Crippen LogP contribution in [0.2, 0.25) is 0 Å². The summed E-state index contributed by atoms with van der Waals surface area (Å²) in [6, 6.07) is 3.14. The van der Waals surface area contributed by atoms with Crippen molar-refractivity contribution in [1.29, 1.82) is 5.41 Å². The van der Waals surface area contributed by atoms with Gasteiger partial charge in [0.25, 0.3) is 0 Å². The highest BCUT2D eigenvalue weighted by molar-refractivity contribution is 5.93. The van der Waals surface area contributed by atoms with Crippen LogP contribution in [0.1, 0.15) is 26.6 Å². The van der Waals surface area contributed by atoms with Gasteiger partial charge in [-0.1, -0.05) is 0 Å². The summed E-state index contributed by atoms with van der Waals surface area (Å²) in [5.74, 6) is -0.724. The van der Waals surface area contributed by atoms with Crippen LogP contribution < -0.4 is 16.4 Å². The third kappa shape index (κ3) is 6.26. The van der Waals surface area contributed by atoms with Crippen molar-refractivity contribution in [2.75, 3.05) is 11.9 Å². The lowest BCUT2D eigenvalue weighted by Gasteiger charge is -2.19. The lowest BCUT2D eigenvalue weighted by Crippen LogP contribution is -2.37. The molecule has 0 fully saturated rings. The maximum Gasteiger partial charge on any atom is 0.408 e. The molecule has 5 N–H and O–H groups in total. The fraction of sp³-hybridized carbons (Fsp3) is 0.333. The first-order valence-corrected chi connectivity index (χ1v) is 7.79. The Balaban J connectivity index is 1.90. The number of amides is 2. The summed E-state index contributed by atoms with van der Waals surface area (Å²) in [5.41, 5.74) is 5.37. The molecule has 0 unspecified atom stereocenters.